The van der Waals surface area contributed by atoms with Gasteiger partial charge in [-0.3, -0.25) is 4.90 Å². The summed E-state index contributed by atoms with van der Waals surface area (Å²) in [7, 11) is 0. The van der Waals surface area contributed by atoms with Crippen LogP contribution in [0.25, 0.3) is 0 Å². The van der Waals surface area contributed by atoms with Gasteiger partial charge in [-0.15, -0.1) is 24.0 Å². The van der Waals surface area contributed by atoms with Crippen LogP contribution >= 0.6 is 24.0 Å². The second-order valence-corrected chi connectivity index (χ2v) is 8.13. The van der Waals surface area contributed by atoms with Crippen LogP contribution in [0.5, 0.6) is 0 Å². The number of nitrogens with one attached hydrogen (secondary N) is 2. The maximum absolute atomic E-state index is 13.4. The minimum atomic E-state index is -0.174. The molecular weight excluding hydrogens is 508 g/mol. The molecule has 0 radical (unpaired) electrons. The normalized spacial score (nSPS) is 15.6. The first-order valence-corrected chi connectivity index (χ1v) is 10.9. The number of aromatic nitrogens is 1. The molecule has 2 N–H and O–H groups in total. The summed E-state index contributed by atoms with van der Waals surface area (Å²) in [4.78, 5) is 11.6. The van der Waals surface area contributed by atoms with E-state index in [1.54, 1.807) is 13.0 Å². The number of piperidine rings is 1. The fourth-order valence-corrected chi connectivity index (χ4v) is 3.71. The molecule has 0 unspecified atom stereocenters. The van der Waals surface area contributed by atoms with E-state index in [2.05, 4.69) is 32.4 Å². The van der Waals surface area contributed by atoms with E-state index in [1.165, 1.54) is 6.07 Å². The lowest BCUT2D eigenvalue weighted by Crippen LogP contribution is -2.42. The van der Waals surface area contributed by atoms with Crippen molar-refractivity contribution in [1.82, 2.24) is 20.5 Å². The highest BCUT2D eigenvalue weighted by Gasteiger charge is 2.21. The van der Waals surface area contributed by atoms with E-state index < -0.39 is 0 Å². The molecule has 31 heavy (non-hydrogen) atoms. The molecule has 1 aromatic carbocycles. The number of guanidine groups is 1. The van der Waals surface area contributed by atoms with Crippen LogP contribution in [0, 0.1) is 32.5 Å². The molecule has 0 saturated carbocycles. The highest BCUT2D eigenvalue weighted by Crippen LogP contribution is 2.19. The number of oxazole rings is 1. The molecule has 3 rings (SSSR count). The topological polar surface area (TPSA) is 65.7 Å². The van der Waals surface area contributed by atoms with E-state index >= 15 is 0 Å². The lowest BCUT2D eigenvalue weighted by Gasteiger charge is -2.31. The van der Waals surface area contributed by atoms with Gasteiger partial charge in [-0.25, -0.2) is 14.4 Å². The van der Waals surface area contributed by atoms with Crippen LogP contribution in [-0.4, -0.2) is 42.0 Å². The molecule has 2 heterocycles. The van der Waals surface area contributed by atoms with Crippen LogP contribution < -0.4 is 10.6 Å². The van der Waals surface area contributed by atoms with Crippen LogP contribution in [0.3, 0.4) is 0 Å². The van der Waals surface area contributed by atoms with Gasteiger partial charge in [-0.05, 0) is 76.7 Å². The molecule has 2 aromatic rings. The number of aliphatic imine (C=N–C) groups is 1. The summed E-state index contributed by atoms with van der Waals surface area (Å²) in [5.41, 5.74) is 2.65. The highest BCUT2D eigenvalue weighted by molar-refractivity contribution is 14.0. The van der Waals surface area contributed by atoms with Crippen molar-refractivity contribution in [1.29, 1.82) is 0 Å². The van der Waals surface area contributed by atoms with Gasteiger partial charge in [-0.1, -0.05) is 12.1 Å². The molecule has 1 fully saturated rings. The van der Waals surface area contributed by atoms with Gasteiger partial charge in [0, 0.05) is 13.1 Å². The minimum absolute atomic E-state index is 0. The van der Waals surface area contributed by atoms with Crippen molar-refractivity contribution in [3.63, 3.8) is 0 Å². The molecule has 0 aliphatic carbocycles. The number of nitrogens with zero attached hydrogens (tertiary/aromatic N) is 3. The first-order valence-electron chi connectivity index (χ1n) is 10.9. The standard InChI is InChI=1S/C23H34FN5O.HI/c1-5-25-23(27-14-20-6-7-21(24)16(2)12-20)26-13-19-8-10-29(11-9-19)15-22-28-17(3)18(4)30-22;/h6-7,12,19H,5,8-11,13-15H2,1-4H3,(H2,25,26,27);1H. The summed E-state index contributed by atoms with van der Waals surface area (Å²) >= 11 is 0. The van der Waals surface area contributed by atoms with Crippen molar-refractivity contribution < 1.29 is 8.81 Å². The number of halogens is 2. The van der Waals surface area contributed by atoms with Gasteiger partial charge in [0.1, 0.15) is 11.6 Å². The van der Waals surface area contributed by atoms with E-state index in [9.17, 15) is 4.39 Å². The van der Waals surface area contributed by atoms with E-state index in [4.69, 9.17) is 4.42 Å². The second-order valence-electron chi connectivity index (χ2n) is 8.13. The Hall–Kier alpha value is -1.68. The first kappa shape index (κ1) is 25.6. The summed E-state index contributed by atoms with van der Waals surface area (Å²) in [6.45, 7) is 12.9. The number of rotatable bonds is 7. The molecule has 8 heteroatoms. The summed E-state index contributed by atoms with van der Waals surface area (Å²) in [6, 6.07) is 5.16. The Morgan fingerprint density at radius 1 is 1.23 bits per heavy atom. The molecule has 172 valence electrons. The van der Waals surface area contributed by atoms with E-state index in [0.29, 0.717) is 18.0 Å². The van der Waals surface area contributed by atoms with Crippen molar-refractivity contribution >= 4 is 29.9 Å². The zero-order chi connectivity index (χ0) is 21.5. The maximum Gasteiger partial charge on any atom is 0.208 e. The van der Waals surface area contributed by atoms with Crippen LogP contribution in [0.2, 0.25) is 0 Å². The molecule has 6 nitrogen and oxygen atoms in total. The molecular formula is C23H35FIN5O. The highest BCUT2D eigenvalue weighted by atomic mass is 127. The molecule has 0 atom stereocenters. The fourth-order valence-electron chi connectivity index (χ4n) is 3.71. The predicted octanol–water partition coefficient (Wildman–Crippen LogP) is 4.32. The van der Waals surface area contributed by atoms with E-state index in [-0.39, 0.29) is 29.8 Å². The fraction of sp³-hybridized carbons (Fsp3) is 0.565. The zero-order valence-electron chi connectivity index (χ0n) is 19.0. The quantitative estimate of drug-likeness (QED) is 0.310. The SMILES string of the molecule is CCNC(=NCc1ccc(F)c(C)c1)NCC1CCN(Cc2nc(C)c(C)o2)CC1.I. The summed E-state index contributed by atoms with van der Waals surface area (Å²) < 4.78 is 19.2. The number of hydrogen-bond acceptors (Lipinski definition) is 4. The Bertz CT molecular complexity index is 842. The van der Waals surface area contributed by atoms with Crippen LogP contribution in [0.15, 0.2) is 27.6 Å². The van der Waals surface area contributed by atoms with Gasteiger partial charge < -0.3 is 15.1 Å². The number of aryl methyl sites for hydroxylation is 3. The van der Waals surface area contributed by atoms with Crippen LogP contribution in [0.4, 0.5) is 4.39 Å². The van der Waals surface area contributed by atoms with Crippen LogP contribution in [-0.2, 0) is 13.1 Å². The van der Waals surface area contributed by atoms with Gasteiger partial charge in [0.25, 0.3) is 0 Å². The number of benzene rings is 1. The van der Waals surface area contributed by atoms with Gasteiger partial charge in [0.15, 0.2) is 5.96 Å². The van der Waals surface area contributed by atoms with Crippen molar-refractivity contribution in [2.75, 3.05) is 26.2 Å². The third-order valence-corrected chi connectivity index (χ3v) is 5.68. The monoisotopic (exact) mass is 543 g/mol. The first-order chi connectivity index (χ1) is 14.4. The Balaban J connectivity index is 0.00000341. The Kier molecular flexibility index (Phi) is 10.2. The second kappa shape index (κ2) is 12.4. The minimum Gasteiger partial charge on any atom is -0.444 e. The molecule has 1 saturated heterocycles. The Morgan fingerprint density at radius 2 is 1.97 bits per heavy atom. The summed E-state index contributed by atoms with van der Waals surface area (Å²) in [5, 5.41) is 6.78. The maximum atomic E-state index is 13.4. The summed E-state index contributed by atoms with van der Waals surface area (Å²) in [6.07, 6.45) is 2.28. The Morgan fingerprint density at radius 3 is 2.58 bits per heavy atom. The third kappa shape index (κ3) is 7.75. The predicted molar refractivity (Wildman–Crippen MR) is 133 cm³/mol. The summed E-state index contributed by atoms with van der Waals surface area (Å²) in [5.74, 6) is 2.99. The third-order valence-electron chi connectivity index (χ3n) is 5.68. The van der Waals surface area contributed by atoms with Gasteiger partial charge >= 0.3 is 0 Å². The lowest BCUT2D eigenvalue weighted by molar-refractivity contribution is 0.164. The Labute approximate surface area is 202 Å². The largest absolute Gasteiger partial charge is 0.444 e. The van der Waals surface area contributed by atoms with Crippen molar-refractivity contribution in [3.05, 3.63) is 52.5 Å². The molecule has 1 aromatic heterocycles. The van der Waals surface area contributed by atoms with Crippen molar-refractivity contribution in [3.8, 4) is 0 Å². The van der Waals surface area contributed by atoms with Crippen LogP contribution in [0.1, 0.15) is 48.2 Å². The molecule has 1 aliphatic rings. The van der Waals surface area contributed by atoms with Crippen molar-refractivity contribution in [2.45, 2.75) is 53.6 Å². The average Bonchev–Trinajstić information content (AvgIpc) is 3.04. The molecule has 0 bridgehead atoms. The van der Waals surface area contributed by atoms with Gasteiger partial charge in [0.2, 0.25) is 5.89 Å². The smallest absolute Gasteiger partial charge is 0.208 e. The number of hydrogen-bond donors (Lipinski definition) is 2. The molecule has 0 amide bonds. The molecule has 1 aliphatic heterocycles. The van der Waals surface area contributed by atoms with Gasteiger partial charge in [-0.2, -0.15) is 0 Å². The van der Waals surface area contributed by atoms with Gasteiger partial charge in [0.05, 0.1) is 18.8 Å². The average molecular weight is 543 g/mol. The lowest BCUT2D eigenvalue weighted by atomic mass is 9.97. The van der Waals surface area contributed by atoms with E-state index in [0.717, 1.165) is 74.4 Å². The zero-order valence-corrected chi connectivity index (χ0v) is 21.3. The number of likely N-dealkylation sites (tertiary alicyclic amines) is 1. The van der Waals surface area contributed by atoms with E-state index in [1.807, 2.05) is 19.9 Å². The molecule has 0 spiro atoms. The van der Waals surface area contributed by atoms with Crippen molar-refractivity contribution in [2.24, 2.45) is 10.9 Å².